The minimum absolute atomic E-state index is 0.284. The lowest BCUT2D eigenvalue weighted by Crippen LogP contribution is -2.28. The van der Waals surface area contributed by atoms with Gasteiger partial charge in [-0.2, -0.15) is 0 Å². The molecule has 6 heteroatoms. The second kappa shape index (κ2) is 9.65. The number of para-hydroxylation sites is 1. The number of rotatable bonds is 8. The minimum Gasteiger partial charge on any atom is -0.493 e. The van der Waals surface area contributed by atoms with E-state index in [1.807, 2.05) is 49.4 Å². The van der Waals surface area contributed by atoms with Crippen molar-refractivity contribution in [2.75, 3.05) is 18.6 Å². The van der Waals surface area contributed by atoms with Gasteiger partial charge in [-0.3, -0.25) is 9.59 Å². The Labute approximate surface area is 175 Å². The number of ether oxygens (including phenoxy) is 2. The quantitative estimate of drug-likeness (QED) is 0.413. The van der Waals surface area contributed by atoms with Gasteiger partial charge in [-0.15, -0.1) is 0 Å². The summed E-state index contributed by atoms with van der Waals surface area (Å²) in [7, 11) is 1.58. The molecule has 1 aliphatic heterocycles. The third kappa shape index (κ3) is 4.65. The molecule has 0 radical (unpaired) electrons. The fourth-order valence-corrected chi connectivity index (χ4v) is 3.91. The molecule has 0 saturated carbocycles. The van der Waals surface area contributed by atoms with Gasteiger partial charge in [-0.05, 0) is 60.0 Å². The average Bonchev–Trinajstić information content (AvgIpc) is 3.01. The number of thioether (sulfide) groups is 1. The molecule has 0 atom stereocenters. The van der Waals surface area contributed by atoms with Crippen LogP contribution in [-0.2, 0) is 11.2 Å². The number of carbonyl (C=O) groups excluding carboxylic acids is 2. The number of unbranched alkanes of at least 4 members (excludes halogenated alkanes) is 1. The van der Waals surface area contributed by atoms with Crippen molar-refractivity contribution >= 4 is 34.7 Å². The zero-order valence-corrected chi connectivity index (χ0v) is 17.8. The lowest BCUT2D eigenvalue weighted by molar-refractivity contribution is -0.113. The van der Waals surface area contributed by atoms with Crippen molar-refractivity contribution < 1.29 is 19.1 Å². The van der Waals surface area contributed by atoms with Crippen LogP contribution in [0.1, 0.15) is 37.8 Å². The molecule has 1 aliphatic rings. The highest BCUT2D eigenvalue weighted by Gasteiger charge is 2.37. The largest absolute Gasteiger partial charge is 0.493 e. The molecule has 2 aromatic rings. The lowest BCUT2D eigenvalue weighted by Gasteiger charge is -2.16. The van der Waals surface area contributed by atoms with Crippen molar-refractivity contribution in [1.29, 1.82) is 0 Å². The van der Waals surface area contributed by atoms with Gasteiger partial charge in [0.1, 0.15) is 0 Å². The average molecular weight is 412 g/mol. The van der Waals surface area contributed by atoms with Crippen molar-refractivity contribution in [2.45, 2.75) is 33.1 Å². The second-order valence-corrected chi connectivity index (χ2v) is 7.60. The van der Waals surface area contributed by atoms with Gasteiger partial charge < -0.3 is 9.47 Å². The van der Waals surface area contributed by atoms with Crippen LogP contribution >= 0.6 is 11.8 Å². The molecule has 1 fully saturated rings. The molecule has 5 nitrogen and oxygen atoms in total. The van der Waals surface area contributed by atoms with Crippen molar-refractivity contribution in [3.8, 4) is 11.5 Å². The summed E-state index contributed by atoms with van der Waals surface area (Å²) in [6.45, 7) is 4.74. The zero-order valence-electron chi connectivity index (χ0n) is 16.9. The van der Waals surface area contributed by atoms with Crippen molar-refractivity contribution in [1.82, 2.24) is 0 Å². The van der Waals surface area contributed by atoms with E-state index in [1.165, 1.54) is 4.90 Å². The highest BCUT2D eigenvalue weighted by Crippen LogP contribution is 2.38. The van der Waals surface area contributed by atoms with E-state index < -0.39 is 0 Å². The Kier molecular flexibility index (Phi) is 6.99. The third-order valence-corrected chi connectivity index (χ3v) is 5.52. The van der Waals surface area contributed by atoms with E-state index in [0.29, 0.717) is 28.7 Å². The van der Waals surface area contributed by atoms with Gasteiger partial charge in [0, 0.05) is 0 Å². The first-order valence-corrected chi connectivity index (χ1v) is 10.6. The van der Waals surface area contributed by atoms with E-state index in [9.17, 15) is 9.59 Å². The van der Waals surface area contributed by atoms with Crippen LogP contribution in [0.5, 0.6) is 11.5 Å². The molecule has 29 heavy (non-hydrogen) atoms. The summed E-state index contributed by atoms with van der Waals surface area (Å²) < 4.78 is 11.2. The van der Waals surface area contributed by atoms with E-state index in [1.54, 1.807) is 13.2 Å². The first kappa shape index (κ1) is 21.0. The Bertz CT molecular complexity index is 938. The van der Waals surface area contributed by atoms with Crippen molar-refractivity contribution in [2.24, 2.45) is 0 Å². The Balaban J connectivity index is 1.86. The molecule has 2 amide bonds. The van der Waals surface area contributed by atoms with Gasteiger partial charge in [-0.25, -0.2) is 4.90 Å². The number of benzene rings is 2. The first-order valence-electron chi connectivity index (χ1n) is 9.75. The summed E-state index contributed by atoms with van der Waals surface area (Å²) in [6.07, 6.45) is 4.49. The molecular weight excluding hydrogens is 386 g/mol. The van der Waals surface area contributed by atoms with Crippen molar-refractivity contribution in [3.63, 3.8) is 0 Å². The van der Waals surface area contributed by atoms with Gasteiger partial charge in [0.05, 0.1) is 24.3 Å². The molecule has 0 aliphatic carbocycles. The summed E-state index contributed by atoms with van der Waals surface area (Å²) in [5.74, 6) is 0.969. The zero-order chi connectivity index (χ0) is 20.8. The van der Waals surface area contributed by atoms with Crippen LogP contribution in [0, 0.1) is 0 Å². The summed E-state index contributed by atoms with van der Waals surface area (Å²) in [4.78, 5) is 27.2. The molecule has 3 rings (SSSR count). The highest BCUT2D eigenvalue weighted by atomic mass is 32.2. The fraction of sp³-hybridized carbons (Fsp3) is 0.304. The van der Waals surface area contributed by atoms with Crippen molar-refractivity contribution in [3.05, 3.63) is 58.5 Å². The Morgan fingerprint density at radius 1 is 1.07 bits per heavy atom. The number of carbonyl (C=O) groups is 2. The van der Waals surface area contributed by atoms with Crippen LogP contribution in [0.25, 0.3) is 6.08 Å². The molecule has 152 valence electrons. The molecule has 0 N–H and O–H groups in total. The number of hydrogen-bond acceptors (Lipinski definition) is 5. The molecule has 1 saturated heterocycles. The van der Waals surface area contributed by atoms with Gasteiger partial charge in [0.25, 0.3) is 11.1 Å². The van der Waals surface area contributed by atoms with Crippen LogP contribution in [-0.4, -0.2) is 24.9 Å². The van der Waals surface area contributed by atoms with Crippen LogP contribution < -0.4 is 14.4 Å². The van der Waals surface area contributed by atoms with Gasteiger partial charge in [-0.1, -0.05) is 44.5 Å². The summed E-state index contributed by atoms with van der Waals surface area (Å²) in [5.41, 5.74) is 2.39. The number of imide groups is 1. The maximum atomic E-state index is 12.9. The molecule has 1 heterocycles. The van der Waals surface area contributed by atoms with E-state index >= 15 is 0 Å². The van der Waals surface area contributed by atoms with Gasteiger partial charge >= 0.3 is 0 Å². The number of methoxy groups -OCH3 is 1. The van der Waals surface area contributed by atoms with E-state index in [-0.39, 0.29) is 11.1 Å². The topological polar surface area (TPSA) is 55.8 Å². The Morgan fingerprint density at radius 3 is 2.59 bits per heavy atom. The predicted molar refractivity (Wildman–Crippen MR) is 118 cm³/mol. The molecule has 0 unspecified atom stereocenters. The molecule has 2 aromatic carbocycles. The van der Waals surface area contributed by atoms with Gasteiger partial charge in [0.2, 0.25) is 0 Å². The first-order chi connectivity index (χ1) is 14.1. The van der Waals surface area contributed by atoms with Crippen LogP contribution in [0.4, 0.5) is 10.5 Å². The molecule has 0 aromatic heterocycles. The lowest BCUT2D eigenvalue weighted by atomic mass is 10.1. The highest BCUT2D eigenvalue weighted by molar-refractivity contribution is 8.19. The Hall–Kier alpha value is -2.73. The molecule has 0 bridgehead atoms. The van der Waals surface area contributed by atoms with Crippen LogP contribution in [0.3, 0.4) is 0 Å². The standard InChI is InChI=1S/C23H25NO4S/c1-4-6-13-28-19-12-11-16(14-20(19)27-3)15-21-22(25)24(23(26)29-21)18-10-8-7-9-17(18)5-2/h7-12,14-15H,4-6,13H2,1-3H3/b21-15-. The normalized spacial score (nSPS) is 15.3. The number of nitrogens with zero attached hydrogens (tertiary/aromatic N) is 1. The van der Waals surface area contributed by atoms with E-state index in [0.717, 1.165) is 42.2 Å². The number of hydrogen-bond donors (Lipinski definition) is 0. The molecule has 0 spiro atoms. The molecular formula is C23H25NO4S. The number of amides is 2. The Morgan fingerprint density at radius 2 is 1.86 bits per heavy atom. The minimum atomic E-state index is -0.303. The monoisotopic (exact) mass is 411 g/mol. The summed E-state index contributed by atoms with van der Waals surface area (Å²) in [5, 5.41) is -0.284. The third-order valence-electron chi connectivity index (χ3n) is 4.65. The number of anilines is 1. The summed E-state index contributed by atoms with van der Waals surface area (Å²) in [6, 6.07) is 13.0. The van der Waals surface area contributed by atoms with E-state index in [4.69, 9.17) is 9.47 Å². The second-order valence-electron chi connectivity index (χ2n) is 6.61. The summed E-state index contributed by atoms with van der Waals surface area (Å²) >= 11 is 0.952. The van der Waals surface area contributed by atoms with Crippen LogP contribution in [0.2, 0.25) is 0 Å². The maximum Gasteiger partial charge on any atom is 0.298 e. The fourth-order valence-electron chi connectivity index (χ4n) is 3.07. The van der Waals surface area contributed by atoms with Gasteiger partial charge in [0.15, 0.2) is 11.5 Å². The maximum absolute atomic E-state index is 12.9. The van der Waals surface area contributed by atoms with E-state index in [2.05, 4.69) is 6.92 Å². The van der Waals surface area contributed by atoms with Crippen LogP contribution in [0.15, 0.2) is 47.4 Å². The predicted octanol–water partition coefficient (Wildman–Crippen LogP) is 5.68. The smallest absolute Gasteiger partial charge is 0.298 e. The number of aryl methyl sites for hydroxylation is 1. The SMILES string of the molecule is CCCCOc1ccc(/C=C2\SC(=O)N(c3ccccc3CC)C2=O)cc1OC.